The SMILES string of the molecule is CC1(C)CN(S(=O)(=O)c2ccc(N)cc2Br)CC(CO)O1. The fourth-order valence-electron chi connectivity index (χ4n) is 2.39. The van der Waals surface area contributed by atoms with E-state index in [1.807, 2.05) is 0 Å². The Bertz CT molecular complexity index is 633. The highest BCUT2D eigenvalue weighted by Crippen LogP contribution is 2.31. The molecule has 0 saturated carbocycles. The predicted octanol–water partition coefficient (Wildman–Crippen LogP) is 1.19. The van der Waals surface area contributed by atoms with Crippen LogP contribution in [0.25, 0.3) is 0 Å². The van der Waals surface area contributed by atoms with Gasteiger partial charge >= 0.3 is 0 Å². The van der Waals surface area contributed by atoms with Gasteiger partial charge < -0.3 is 15.6 Å². The van der Waals surface area contributed by atoms with Crippen LogP contribution in [0.2, 0.25) is 0 Å². The molecule has 8 heteroatoms. The van der Waals surface area contributed by atoms with E-state index in [2.05, 4.69) is 15.9 Å². The summed E-state index contributed by atoms with van der Waals surface area (Å²) in [5, 5.41) is 9.30. The van der Waals surface area contributed by atoms with Crippen molar-refractivity contribution in [1.29, 1.82) is 0 Å². The molecule has 1 heterocycles. The number of nitrogen functional groups attached to an aromatic ring is 1. The van der Waals surface area contributed by atoms with Crippen LogP contribution in [-0.2, 0) is 14.8 Å². The van der Waals surface area contributed by atoms with Gasteiger partial charge in [0.15, 0.2) is 0 Å². The minimum absolute atomic E-state index is 0.124. The third kappa shape index (κ3) is 3.57. The van der Waals surface area contributed by atoms with Gasteiger partial charge in [0.05, 0.1) is 23.2 Å². The van der Waals surface area contributed by atoms with E-state index < -0.39 is 21.7 Å². The Labute approximate surface area is 133 Å². The van der Waals surface area contributed by atoms with Gasteiger partial charge in [-0.25, -0.2) is 8.42 Å². The Kier molecular flexibility index (Phi) is 4.65. The van der Waals surface area contributed by atoms with Crippen LogP contribution >= 0.6 is 15.9 Å². The zero-order chi connectivity index (χ0) is 15.8. The Morgan fingerprint density at radius 3 is 2.76 bits per heavy atom. The summed E-state index contributed by atoms with van der Waals surface area (Å²) in [7, 11) is -3.68. The minimum atomic E-state index is -3.68. The van der Waals surface area contributed by atoms with E-state index in [1.54, 1.807) is 26.0 Å². The van der Waals surface area contributed by atoms with Gasteiger partial charge in [-0.05, 0) is 48.0 Å². The maximum Gasteiger partial charge on any atom is 0.244 e. The van der Waals surface area contributed by atoms with E-state index in [9.17, 15) is 13.5 Å². The van der Waals surface area contributed by atoms with Crippen molar-refractivity contribution in [2.75, 3.05) is 25.4 Å². The van der Waals surface area contributed by atoms with Crippen LogP contribution in [0.4, 0.5) is 5.69 Å². The second-order valence-corrected chi connectivity index (χ2v) is 8.43. The van der Waals surface area contributed by atoms with Crippen molar-refractivity contribution >= 4 is 31.6 Å². The topological polar surface area (TPSA) is 92.9 Å². The van der Waals surface area contributed by atoms with Gasteiger partial charge in [0.1, 0.15) is 0 Å². The Balaban J connectivity index is 2.38. The number of anilines is 1. The number of aliphatic hydroxyl groups excluding tert-OH is 1. The van der Waals surface area contributed by atoms with Crippen molar-refractivity contribution in [2.24, 2.45) is 0 Å². The lowest BCUT2D eigenvalue weighted by Gasteiger charge is -2.41. The van der Waals surface area contributed by atoms with Crippen LogP contribution in [0, 0.1) is 0 Å². The summed E-state index contributed by atoms with van der Waals surface area (Å²) in [6, 6.07) is 4.58. The van der Waals surface area contributed by atoms with E-state index in [-0.39, 0.29) is 24.6 Å². The second kappa shape index (κ2) is 5.85. The molecule has 1 aromatic rings. The van der Waals surface area contributed by atoms with Gasteiger partial charge in [0, 0.05) is 23.2 Å². The van der Waals surface area contributed by atoms with E-state index in [1.165, 1.54) is 10.4 Å². The molecule has 1 aliphatic rings. The number of hydrogen-bond donors (Lipinski definition) is 2. The standard InChI is InChI=1S/C13H19BrN2O4S/c1-13(2)8-16(6-10(7-17)20-13)21(18,19)12-4-3-9(15)5-11(12)14/h3-5,10,17H,6-8,15H2,1-2H3. The molecule has 1 atom stereocenters. The molecule has 1 aromatic carbocycles. The Hall–Kier alpha value is -0.670. The smallest absolute Gasteiger partial charge is 0.244 e. The van der Waals surface area contributed by atoms with Crippen molar-refractivity contribution in [3.8, 4) is 0 Å². The van der Waals surface area contributed by atoms with Crippen molar-refractivity contribution < 1.29 is 18.3 Å². The average Bonchev–Trinajstić information content (AvgIpc) is 2.36. The van der Waals surface area contributed by atoms with Crippen LogP contribution in [-0.4, -0.2) is 49.2 Å². The number of benzene rings is 1. The summed E-state index contributed by atoms with van der Waals surface area (Å²) in [4.78, 5) is 0.158. The number of aliphatic hydroxyl groups is 1. The Morgan fingerprint density at radius 1 is 1.52 bits per heavy atom. The van der Waals surface area contributed by atoms with E-state index in [0.717, 1.165) is 0 Å². The first kappa shape index (κ1) is 16.7. The Morgan fingerprint density at radius 2 is 2.19 bits per heavy atom. The number of nitrogens with zero attached hydrogens (tertiary/aromatic N) is 1. The van der Waals surface area contributed by atoms with Gasteiger partial charge in [0.2, 0.25) is 10.0 Å². The maximum atomic E-state index is 12.8. The molecule has 6 nitrogen and oxygen atoms in total. The molecule has 0 spiro atoms. The first-order valence-corrected chi connectivity index (χ1v) is 8.73. The zero-order valence-corrected chi connectivity index (χ0v) is 14.3. The summed E-state index contributed by atoms with van der Waals surface area (Å²) in [6.07, 6.45) is -0.531. The highest BCUT2D eigenvalue weighted by atomic mass is 79.9. The molecule has 118 valence electrons. The van der Waals surface area contributed by atoms with Crippen molar-refractivity contribution in [3.63, 3.8) is 0 Å². The summed E-state index contributed by atoms with van der Waals surface area (Å²) in [5.41, 5.74) is 5.47. The minimum Gasteiger partial charge on any atom is -0.399 e. The number of morpholine rings is 1. The number of rotatable bonds is 3. The summed E-state index contributed by atoms with van der Waals surface area (Å²) >= 11 is 3.24. The van der Waals surface area contributed by atoms with Crippen LogP contribution in [0.1, 0.15) is 13.8 Å². The zero-order valence-electron chi connectivity index (χ0n) is 11.9. The quantitative estimate of drug-likeness (QED) is 0.770. The molecule has 1 saturated heterocycles. The molecular weight excluding hydrogens is 360 g/mol. The van der Waals surface area contributed by atoms with E-state index in [4.69, 9.17) is 10.5 Å². The van der Waals surface area contributed by atoms with Crippen molar-refractivity contribution in [2.45, 2.75) is 30.4 Å². The largest absolute Gasteiger partial charge is 0.399 e. The summed E-state index contributed by atoms with van der Waals surface area (Å²) in [5.74, 6) is 0. The van der Waals surface area contributed by atoms with E-state index >= 15 is 0 Å². The first-order valence-electron chi connectivity index (χ1n) is 6.49. The molecule has 0 bridgehead atoms. The molecule has 0 aliphatic carbocycles. The highest BCUT2D eigenvalue weighted by molar-refractivity contribution is 9.10. The fraction of sp³-hybridized carbons (Fsp3) is 0.538. The number of halogens is 1. The number of ether oxygens (including phenoxy) is 1. The molecule has 0 radical (unpaired) electrons. The predicted molar refractivity (Wildman–Crippen MR) is 83.4 cm³/mol. The molecule has 2 rings (SSSR count). The van der Waals surface area contributed by atoms with Gasteiger partial charge in [-0.3, -0.25) is 0 Å². The molecule has 1 unspecified atom stereocenters. The number of sulfonamides is 1. The molecule has 1 aliphatic heterocycles. The van der Waals surface area contributed by atoms with Crippen LogP contribution < -0.4 is 5.73 Å². The fourth-order valence-corrected chi connectivity index (χ4v) is 5.06. The van der Waals surface area contributed by atoms with Crippen LogP contribution in [0.15, 0.2) is 27.6 Å². The first-order chi connectivity index (χ1) is 9.65. The average molecular weight is 379 g/mol. The summed E-state index contributed by atoms with van der Waals surface area (Å²) < 4.78 is 33.0. The second-order valence-electron chi connectivity index (χ2n) is 5.67. The lowest BCUT2D eigenvalue weighted by molar-refractivity contribution is -0.131. The van der Waals surface area contributed by atoms with Crippen LogP contribution in [0.5, 0.6) is 0 Å². The molecule has 0 amide bonds. The van der Waals surface area contributed by atoms with Crippen LogP contribution in [0.3, 0.4) is 0 Å². The number of nitrogens with two attached hydrogens (primary N) is 1. The van der Waals surface area contributed by atoms with Crippen molar-refractivity contribution in [3.05, 3.63) is 22.7 Å². The molecule has 21 heavy (non-hydrogen) atoms. The highest BCUT2D eigenvalue weighted by Gasteiger charge is 2.39. The molecule has 1 fully saturated rings. The van der Waals surface area contributed by atoms with Gasteiger partial charge in [0.25, 0.3) is 0 Å². The van der Waals surface area contributed by atoms with Gasteiger partial charge in [-0.1, -0.05) is 0 Å². The monoisotopic (exact) mass is 378 g/mol. The maximum absolute atomic E-state index is 12.8. The normalized spacial score (nSPS) is 23.1. The van der Waals surface area contributed by atoms with Crippen molar-refractivity contribution in [1.82, 2.24) is 4.31 Å². The number of hydrogen-bond acceptors (Lipinski definition) is 5. The molecule has 3 N–H and O–H groups in total. The third-order valence-electron chi connectivity index (χ3n) is 3.23. The summed E-state index contributed by atoms with van der Waals surface area (Å²) in [6.45, 7) is 3.73. The molecule has 0 aromatic heterocycles. The third-order valence-corrected chi connectivity index (χ3v) is 6.02. The molecular formula is C13H19BrN2O4S. The van der Waals surface area contributed by atoms with Gasteiger partial charge in [-0.2, -0.15) is 4.31 Å². The van der Waals surface area contributed by atoms with E-state index in [0.29, 0.717) is 10.2 Å². The lowest BCUT2D eigenvalue weighted by atomic mass is 10.1. The lowest BCUT2D eigenvalue weighted by Crippen LogP contribution is -2.55. The van der Waals surface area contributed by atoms with Gasteiger partial charge in [-0.15, -0.1) is 0 Å².